The first-order chi connectivity index (χ1) is 14.5. The smallest absolute Gasteiger partial charge is 0.295 e. The number of nitrogens with zero attached hydrogens (tertiary/aromatic N) is 1. The largest absolute Gasteiger partial charge is 0.507 e. The van der Waals surface area contributed by atoms with E-state index in [-0.39, 0.29) is 37.7 Å². The molecule has 0 spiro atoms. The zero-order valence-corrected chi connectivity index (χ0v) is 17.0. The Labute approximate surface area is 175 Å². The van der Waals surface area contributed by atoms with Crippen LogP contribution in [0.2, 0.25) is 0 Å². The van der Waals surface area contributed by atoms with Crippen LogP contribution >= 0.6 is 0 Å². The number of aliphatic hydroxyl groups excluding tert-OH is 2. The van der Waals surface area contributed by atoms with E-state index in [1.54, 1.807) is 36.4 Å². The standard InChI is InChI=1S/C23H25NO6/c1-15-7-9-16(10-8-15)21(26)19-20(17-5-3-4-6-18(17)29-2)24(23(28)22(19)27)11-13-30-14-12-25/h3-10,20,25-26H,11-14H2,1-2H3. The highest BCUT2D eigenvalue weighted by molar-refractivity contribution is 6.46. The van der Waals surface area contributed by atoms with Gasteiger partial charge in [-0.1, -0.05) is 48.0 Å². The maximum Gasteiger partial charge on any atom is 0.295 e. The molecule has 0 saturated carbocycles. The molecule has 1 unspecified atom stereocenters. The number of rotatable bonds is 8. The number of para-hydroxylation sites is 1. The molecular weight excluding hydrogens is 386 g/mol. The number of carbonyl (C=O) groups excluding carboxylic acids is 2. The number of likely N-dealkylation sites (tertiary alicyclic amines) is 1. The van der Waals surface area contributed by atoms with Gasteiger partial charge in [-0.15, -0.1) is 0 Å². The van der Waals surface area contributed by atoms with Gasteiger partial charge in [-0.2, -0.15) is 0 Å². The summed E-state index contributed by atoms with van der Waals surface area (Å²) in [4.78, 5) is 27.1. The summed E-state index contributed by atoms with van der Waals surface area (Å²) < 4.78 is 10.7. The van der Waals surface area contributed by atoms with Gasteiger partial charge >= 0.3 is 0 Å². The average Bonchev–Trinajstić information content (AvgIpc) is 3.01. The molecule has 7 heteroatoms. The molecule has 158 valence electrons. The van der Waals surface area contributed by atoms with Crippen molar-refractivity contribution in [1.82, 2.24) is 4.90 Å². The molecule has 0 bridgehead atoms. The number of benzene rings is 2. The van der Waals surface area contributed by atoms with Crippen LogP contribution in [0.25, 0.3) is 5.76 Å². The van der Waals surface area contributed by atoms with Gasteiger partial charge in [0, 0.05) is 17.7 Å². The van der Waals surface area contributed by atoms with Gasteiger partial charge in [-0.05, 0) is 13.0 Å². The quantitative estimate of drug-likeness (QED) is 0.300. The Morgan fingerprint density at radius 1 is 1.07 bits per heavy atom. The SMILES string of the molecule is COc1ccccc1C1C(=C(O)c2ccc(C)cc2)C(=O)C(=O)N1CCOCCO. The third kappa shape index (κ3) is 4.22. The van der Waals surface area contributed by atoms with Crippen LogP contribution in [0.5, 0.6) is 5.75 Å². The van der Waals surface area contributed by atoms with Crippen LogP contribution in [0, 0.1) is 6.92 Å². The Bertz CT molecular complexity index is 950. The molecule has 3 rings (SSSR count). The van der Waals surface area contributed by atoms with E-state index >= 15 is 0 Å². The molecular formula is C23H25NO6. The van der Waals surface area contributed by atoms with Gasteiger partial charge in [0.25, 0.3) is 11.7 Å². The Kier molecular flexibility index (Phi) is 6.87. The summed E-state index contributed by atoms with van der Waals surface area (Å²) in [7, 11) is 1.51. The number of methoxy groups -OCH3 is 1. The molecule has 30 heavy (non-hydrogen) atoms. The molecule has 0 aromatic heterocycles. The lowest BCUT2D eigenvalue weighted by Gasteiger charge is -2.26. The van der Waals surface area contributed by atoms with Crippen molar-refractivity contribution >= 4 is 17.4 Å². The van der Waals surface area contributed by atoms with E-state index in [1.165, 1.54) is 12.0 Å². The molecule has 1 saturated heterocycles. The lowest BCUT2D eigenvalue weighted by atomic mass is 9.94. The third-order valence-corrected chi connectivity index (χ3v) is 5.01. The summed E-state index contributed by atoms with van der Waals surface area (Å²) in [6.45, 7) is 2.18. The molecule has 1 aliphatic rings. The van der Waals surface area contributed by atoms with E-state index in [4.69, 9.17) is 14.6 Å². The summed E-state index contributed by atoms with van der Waals surface area (Å²) in [6.07, 6.45) is 0. The zero-order chi connectivity index (χ0) is 21.7. The Balaban J connectivity index is 2.11. The molecule has 1 heterocycles. The molecule has 2 N–H and O–H groups in total. The van der Waals surface area contributed by atoms with Crippen molar-refractivity contribution in [2.75, 3.05) is 33.5 Å². The van der Waals surface area contributed by atoms with Crippen molar-refractivity contribution in [2.45, 2.75) is 13.0 Å². The molecule has 0 aliphatic carbocycles. The molecule has 1 amide bonds. The lowest BCUT2D eigenvalue weighted by molar-refractivity contribution is -0.140. The van der Waals surface area contributed by atoms with Crippen molar-refractivity contribution < 1.29 is 29.3 Å². The monoisotopic (exact) mass is 411 g/mol. The predicted octanol–water partition coefficient (Wildman–Crippen LogP) is 2.43. The maximum atomic E-state index is 12.9. The fourth-order valence-electron chi connectivity index (χ4n) is 3.52. The molecule has 2 aromatic carbocycles. The van der Waals surface area contributed by atoms with Gasteiger partial charge in [0.2, 0.25) is 0 Å². The van der Waals surface area contributed by atoms with Crippen LogP contribution in [0.15, 0.2) is 54.1 Å². The van der Waals surface area contributed by atoms with Crippen LogP contribution in [-0.4, -0.2) is 60.3 Å². The number of aliphatic hydroxyl groups is 2. The summed E-state index contributed by atoms with van der Waals surface area (Å²) in [5.41, 5.74) is 2.06. The molecule has 1 aliphatic heterocycles. The number of carbonyl (C=O) groups is 2. The van der Waals surface area contributed by atoms with Gasteiger partial charge in [0.1, 0.15) is 11.5 Å². The third-order valence-electron chi connectivity index (χ3n) is 5.01. The molecule has 7 nitrogen and oxygen atoms in total. The van der Waals surface area contributed by atoms with Gasteiger partial charge in [0.15, 0.2) is 0 Å². The van der Waals surface area contributed by atoms with Crippen molar-refractivity contribution in [3.63, 3.8) is 0 Å². The second-order valence-electron chi connectivity index (χ2n) is 6.94. The zero-order valence-electron chi connectivity index (χ0n) is 17.0. The first-order valence-electron chi connectivity index (χ1n) is 9.66. The topological polar surface area (TPSA) is 96.3 Å². The number of Topliss-reactive ketones (excluding diaryl/α,β-unsaturated/α-hetero) is 1. The number of hydrogen-bond donors (Lipinski definition) is 2. The second-order valence-corrected chi connectivity index (χ2v) is 6.94. The maximum absolute atomic E-state index is 12.9. The lowest BCUT2D eigenvalue weighted by Crippen LogP contribution is -2.33. The highest BCUT2D eigenvalue weighted by Gasteiger charge is 2.46. The van der Waals surface area contributed by atoms with Crippen LogP contribution in [0.1, 0.15) is 22.7 Å². The van der Waals surface area contributed by atoms with Gasteiger partial charge in [0.05, 0.1) is 38.5 Å². The second kappa shape index (κ2) is 9.56. The minimum absolute atomic E-state index is 0.00973. The molecule has 1 fully saturated rings. The van der Waals surface area contributed by atoms with E-state index in [0.29, 0.717) is 16.9 Å². The van der Waals surface area contributed by atoms with Crippen molar-refractivity contribution in [3.05, 3.63) is 70.8 Å². The number of aryl methyl sites for hydroxylation is 1. The van der Waals surface area contributed by atoms with Gasteiger partial charge in [-0.25, -0.2) is 0 Å². The fourth-order valence-corrected chi connectivity index (χ4v) is 3.52. The van der Waals surface area contributed by atoms with Crippen LogP contribution in [0.4, 0.5) is 0 Å². The van der Waals surface area contributed by atoms with E-state index in [2.05, 4.69) is 0 Å². The Hall–Kier alpha value is -3.16. The van der Waals surface area contributed by atoms with Gasteiger partial charge < -0.3 is 24.6 Å². The number of amides is 1. The van der Waals surface area contributed by atoms with Gasteiger partial charge in [-0.3, -0.25) is 9.59 Å². The minimum Gasteiger partial charge on any atom is -0.507 e. The summed E-state index contributed by atoms with van der Waals surface area (Å²) in [5, 5.41) is 19.9. The highest BCUT2D eigenvalue weighted by Crippen LogP contribution is 2.42. The fraction of sp³-hybridized carbons (Fsp3) is 0.304. The first kappa shape index (κ1) is 21.5. The highest BCUT2D eigenvalue weighted by atomic mass is 16.5. The minimum atomic E-state index is -0.819. The van der Waals surface area contributed by atoms with Crippen molar-refractivity contribution in [2.24, 2.45) is 0 Å². The van der Waals surface area contributed by atoms with Crippen molar-refractivity contribution in [1.29, 1.82) is 0 Å². The summed E-state index contributed by atoms with van der Waals surface area (Å²) in [6, 6.07) is 13.3. The number of hydrogen-bond acceptors (Lipinski definition) is 6. The van der Waals surface area contributed by atoms with E-state index in [1.807, 2.05) is 19.1 Å². The van der Waals surface area contributed by atoms with E-state index in [0.717, 1.165) is 5.56 Å². The number of ether oxygens (including phenoxy) is 2. The normalized spacial score (nSPS) is 18.1. The van der Waals surface area contributed by atoms with Crippen LogP contribution in [0.3, 0.4) is 0 Å². The Morgan fingerprint density at radius 2 is 1.77 bits per heavy atom. The molecule has 0 radical (unpaired) electrons. The van der Waals surface area contributed by atoms with E-state index < -0.39 is 17.7 Å². The predicted molar refractivity (Wildman–Crippen MR) is 111 cm³/mol. The summed E-state index contributed by atoms with van der Waals surface area (Å²) in [5.74, 6) is -1.21. The average molecular weight is 411 g/mol. The number of ketones is 1. The first-order valence-corrected chi connectivity index (χ1v) is 9.66. The van der Waals surface area contributed by atoms with Crippen molar-refractivity contribution in [3.8, 4) is 5.75 Å². The Morgan fingerprint density at radius 3 is 2.43 bits per heavy atom. The summed E-state index contributed by atoms with van der Waals surface area (Å²) >= 11 is 0. The van der Waals surface area contributed by atoms with Crippen LogP contribution in [-0.2, 0) is 14.3 Å². The molecule has 2 aromatic rings. The molecule has 1 atom stereocenters. The van der Waals surface area contributed by atoms with E-state index in [9.17, 15) is 14.7 Å². The van der Waals surface area contributed by atoms with Crippen LogP contribution < -0.4 is 4.74 Å².